The van der Waals surface area contributed by atoms with E-state index in [0.717, 1.165) is 5.56 Å². The van der Waals surface area contributed by atoms with E-state index in [-0.39, 0.29) is 13.0 Å². The van der Waals surface area contributed by atoms with Gasteiger partial charge in [-0.1, -0.05) is 78.1 Å². The molecule has 5 nitrogen and oxygen atoms in total. The van der Waals surface area contributed by atoms with E-state index in [0.29, 0.717) is 0 Å². The third-order valence-electron chi connectivity index (χ3n) is 2.23. The molecule has 0 aliphatic heterocycles. The van der Waals surface area contributed by atoms with Crippen LogP contribution in [0.5, 0.6) is 0 Å². The molecule has 1 aromatic carbocycles. The molecule has 1 N–H and O–H groups in total. The Hall–Kier alpha value is -0.600. The fraction of sp³-hybridized carbons (Fsp3) is 0.333. The average Bonchev–Trinajstić information content (AvgIpc) is 2.36. The molecular formula is C12H11Br3NO4-. The van der Waals surface area contributed by atoms with Crippen LogP contribution in [0.15, 0.2) is 30.3 Å². The molecule has 0 spiro atoms. The van der Waals surface area contributed by atoms with Crippen LogP contribution in [0.4, 0.5) is 4.79 Å². The van der Waals surface area contributed by atoms with Crippen molar-refractivity contribution in [3.63, 3.8) is 0 Å². The van der Waals surface area contributed by atoms with Crippen LogP contribution < -0.4 is 10.4 Å². The molecule has 0 saturated carbocycles. The Morgan fingerprint density at radius 1 is 1.25 bits per heavy atom. The number of hydrogen-bond acceptors (Lipinski definition) is 4. The first-order valence-electron chi connectivity index (χ1n) is 5.53. The standard InChI is InChI=1S/C12H12Br3NO4/c13-12(14,15)7-20-11(19)16-9(10(17)18)6-8-4-2-1-3-5-8/h1-5,9H,6-7H2,(H,16,19)(H,17,18)/p-1/t9-/m0/s1. The number of benzene rings is 1. The lowest BCUT2D eigenvalue weighted by Crippen LogP contribution is -2.49. The van der Waals surface area contributed by atoms with Gasteiger partial charge in [0.15, 0.2) is 2.14 Å². The zero-order valence-corrected chi connectivity index (χ0v) is 14.9. The fourth-order valence-electron chi connectivity index (χ4n) is 1.37. The quantitative estimate of drug-likeness (QED) is 0.664. The molecule has 1 aromatic rings. The van der Waals surface area contributed by atoms with E-state index >= 15 is 0 Å². The molecule has 0 aliphatic rings. The van der Waals surface area contributed by atoms with Crippen molar-refractivity contribution in [3.05, 3.63) is 35.9 Å². The monoisotopic (exact) mass is 470 g/mol. The highest BCUT2D eigenvalue weighted by molar-refractivity contribution is 9.39. The van der Waals surface area contributed by atoms with E-state index in [1.807, 2.05) is 6.07 Å². The number of carboxylic acid groups (broad SMARTS) is 1. The number of amides is 1. The second-order valence-electron chi connectivity index (χ2n) is 3.90. The summed E-state index contributed by atoms with van der Waals surface area (Å²) in [7, 11) is 0. The van der Waals surface area contributed by atoms with Crippen molar-refractivity contribution in [2.75, 3.05) is 6.61 Å². The Kier molecular flexibility index (Phi) is 6.97. The summed E-state index contributed by atoms with van der Waals surface area (Å²) in [4.78, 5) is 22.5. The summed E-state index contributed by atoms with van der Waals surface area (Å²) in [5, 5.41) is 13.3. The number of halogens is 3. The molecule has 1 rings (SSSR count). The first kappa shape index (κ1) is 17.5. The van der Waals surface area contributed by atoms with E-state index in [4.69, 9.17) is 4.74 Å². The minimum absolute atomic E-state index is 0.0378. The van der Waals surface area contributed by atoms with Crippen molar-refractivity contribution in [2.45, 2.75) is 14.6 Å². The number of carboxylic acids is 1. The number of ether oxygens (including phenoxy) is 1. The third-order valence-corrected chi connectivity index (χ3v) is 2.91. The van der Waals surface area contributed by atoms with Crippen molar-refractivity contribution < 1.29 is 19.4 Å². The maximum Gasteiger partial charge on any atom is 0.407 e. The summed E-state index contributed by atoms with van der Waals surface area (Å²) in [5.74, 6) is -1.37. The fourth-order valence-corrected chi connectivity index (χ4v) is 1.72. The molecule has 20 heavy (non-hydrogen) atoms. The molecule has 1 amide bonds. The number of alkyl carbamates (subject to hydrolysis) is 1. The molecule has 8 heteroatoms. The Bertz CT molecular complexity index is 462. The molecule has 1 atom stereocenters. The van der Waals surface area contributed by atoms with E-state index in [2.05, 4.69) is 53.1 Å². The van der Waals surface area contributed by atoms with Gasteiger partial charge in [0.2, 0.25) is 0 Å². The van der Waals surface area contributed by atoms with Crippen molar-refractivity contribution >= 4 is 59.9 Å². The van der Waals surface area contributed by atoms with Gasteiger partial charge in [0.05, 0.1) is 12.0 Å². The predicted molar refractivity (Wildman–Crippen MR) is 82.9 cm³/mol. The van der Waals surface area contributed by atoms with E-state index < -0.39 is 20.2 Å². The Balaban J connectivity index is 2.55. The molecule has 0 radical (unpaired) electrons. The zero-order valence-electron chi connectivity index (χ0n) is 10.1. The van der Waals surface area contributed by atoms with Crippen molar-refractivity contribution in [1.29, 1.82) is 0 Å². The van der Waals surface area contributed by atoms with Crippen LogP contribution in [0, 0.1) is 0 Å². The molecule has 0 aromatic heterocycles. The van der Waals surface area contributed by atoms with Gasteiger partial charge in [0, 0.05) is 0 Å². The normalized spacial score (nSPS) is 12.6. The van der Waals surface area contributed by atoms with Gasteiger partial charge in [-0.15, -0.1) is 0 Å². The van der Waals surface area contributed by atoms with Gasteiger partial charge in [-0.3, -0.25) is 0 Å². The molecule has 110 valence electrons. The maximum absolute atomic E-state index is 11.5. The highest BCUT2D eigenvalue weighted by Crippen LogP contribution is 2.33. The number of nitrogens with one attached hydrogen (secondary N) is 1. The molecular weight excluding hydrogens is 462 g/mol. The second kappa shape index (κ2) is 7.99. The number of carbonyl (C=O) groups is 2. The number of alkyl halides is 3. The molecule has 0 saturated heterocycles. The molecule has 0 fully saturated rings. The molecule has 0 aliphatic carbocycles. The van der Waals surface area contributed by atoms with Crippen molar-refractivity contribution in [1.82, 2.24) is 5.32 Å². The highest BCUT2D eigenvalue weighted by atomic mass is 80.0. The lowest BCUT2D eigenvalue weighted by molar-refractivity contribution is -0.308. The Labute approximate surface area is 141 Å². The number of hydrogen-bond donors (Lipinski definition) is 1. The van der Waals surface area contributed by atoms with Crippen molar-refractivity contribution in [3.8, 4) is 0 Å². The SMILES string of the molecule is O=C(N[C@@H](Cc1ccccc1)C(=O)[O-])OCC(Br)(Br)Br. The van der Waals surface area contributed by atoms with Gasteiger partial charge in [0.25, 0.3) is 0 Å². The Morgan fingerprint density at radius 3 is 2.35 bits per heavy atom. The van der Waals surface area contributed by atoms with Crippen LogP contribution in [0.1, 0.15) is 5.56 Å². The summed E-state index contributed by atoms with van der Waals surface area (Å²) < 4.78 is 4.11. The molecule has 0 bridgehead atoms. The number of rotatable bonds is 5. The number of carbonyl (C=O) groups excluding carboxylic acids is 2. The van der Waals surface area contributed by atoms with Gasteiger partial charge < -0.3 is 20.0 Å². The highest BCUT2D eigenvalue weighted by Gasteiger charge is 2.22. The Morgan fingerprint density at radius 2 is 1.85 bits per heavy atom. The summed E-state index contributed by atoms with van der Waals surface area (Å²) in [5.41, 5.74) is 0.776. The lowest BCUT2D eigenvalue weighted by atomic mass is 10.1. The predicted octanol–water partition coefficient (Wildman–Crippen LogP) is 1.91. The summed E-state index contributed by atoms with van der Waals surface area (Å²) >= 11 is 9.47. The average molecular weight is 473 g/mol. The van der Waals surface area contributed by atoms with Crippen LogP contribution in [0.25, 0.3) is 0 Å². The summed E-state index contributed by atoms with van der Waals surface area (Å²) in [6.07, 6.45) is -0.710. The van der Waals surface area contributed by atoms with Gasteiger partial charge in [-0.05, 0) is 12.0 Å². The summed E-state index contributed by atoms with van der Waals surface area (Å²) in [6, 6.07) is 7.78. The minimum atomic E-state index is -1.37. The van der Waals surface area contributed by atoms with Crippen molar-refractivity contribution in [2.24, 2.45) is 0 Å². The van der Waals surface area contributed by atoms with Crippen LogP contribution in [-0.2, 0) is 16.0 Å². The second-order valence-corrected chi connectivity index (χ2v) is 11.2. The van der Waals surface area contributed by atoms with E-state index in [9.17, 15) is 14.7 Å². The van der Waals surface area contributed by atoms with E-state index in [1.54, 1.807) is 24.3 Å². The first-order valence-corrected chi connectivity index (χ1v) is 7.90. The third kappa shape index (κ3) is 7.25. The molecule has 0 heterocycles. The van der Waals surface area contributed by atoms with Gasteiger partial charge >= 0.3 is 6.09 Å². The van der Waals surface area contributed by atoms with Crippen LogP contribution in [0.2, 0.25) is 0 Å². The first-order chi connectivity index (χ1) is 9.28. The molecule has 0 unspecified atom stereocenters. The minimum Gasteiger partial charge on any atom is -0.548 e. The van der Waals surface area contributed by atoms with Gasteiger partial charge in [-0.25, -0.2) is 4.79 Å². The smallest absolute Gasteiger partial charge is 0.407 e. The number of aliphatic carboxylic acids is 1. The van der Waals surface area contributed by atoms with Crippen LogP contribution in [-0.4, -0.2) is 26.9 Å². The van der Waals surface area contributed by atoms with Crippen LogP contribution >= 0.6 is 47.8 Å². The zero-order chi connectivity index (χ0) is 15.2. The maximum atomic E-state index is 11.5. The van der Waals surface area contributed by atoms with Gasteiger partial charge in [-0.2, -0.15) is 0 Å². The topological polar surface area (TPSA) is 78.5 Å². The van der Waals surface area contributed by atoms with Crippen LogP contribution in [0.3, 0.4) is 0 Å². The summed E-state index contributed by atoms with van der Waals surface area (Å²) in [6.45, 7) is -0.0378. The van der Waals surface area contributed by atoms with E-state index in [1.165, 1.54) is 0 Å². The largest absolute Gasteiger partial charge is 0.548 e. The lowest BCUT2D eigenvalue weighted by Gasteiger charge is -2.20. The van der Waals surface area contributed by atoms with Gasteiger partial charge in [0.1, 0.15) is 6.61 Å².